The van der Waals surface area contributed by atoms with Crippen LogP contribution in [0, 0.1) is 5.92 Å². The molecule has 0 bridgehead atoms. The predicted octanol–water partition coefficient (Wildman–Crippen LogP) is 0.561. The van der Waals surface area contributed by atoms with Gasteiger partial charge in [-0.3, -0.25) is 0 Å². The van der Waals surface area contributed by atoms with Crippen molar-refractivity contribution >= 4 is 6.03 Å². The molecule has 4 nitrogen and oxygen atoms in total. The summed E-state index contributed by atoms with van der Waals surface area (Å²) in [6, 6.07) is 0.113. The van der Waals surface area contributed by atoms with Crippen LogP contribution >= 0.6 is 0 Å². The molecule has 0 aromatic heterocycles. The molecule has 2 aliphatic rings. The number of likely N-dealkylation sites (tertiary alicyclic amines) is 1. The van der Waals surface area contributed by atoms with Gasteiger partial charge in [-0.1, -0.05) is 0 Å². The highest BCUT2D eigenvalue weighted by Crippen LogP contribution is 2.44. The minimum atomic E-state index is -0.561. The average Bonchev–Trinajstić information content (AvgIpc) is 2.78. The molecular formula is C10H18N2O2. The fourth-order valence-corrected chi connectivity index (χ4v) is 1.98. The molecule has 4 heteroatoms. The number of urea groups is 1. The molecule has 2 N–H and O–H groups in total. The summed E-state index contributed by atoms with van der Waals surface area (Å²) in [6.45, 7) is 4.89. The van der Waals surface area contributed by atoms with Crippen LogP contribution in [0.4, 0.5) is 4.79 Å². The molecule has 1 saturated carbocycles. The molecule has 0 radical (unpaired) electrons. The molecule has 2 amide bonds. The Bertz CT molecular complexity index is 243. The van der Waals surface area contributed by atoms with E-state index in [-0.39, 0.29) is 12.1 Å². The van der Waals surface area contributed by atoms with Crippen LogP contribution in [0.25, 0.3) is 0 Å². The van der Waals surface area contributed by atoms with E-state index in [4.69, 9.17) is 0 Å². The first-order valence-electron chi connectivity index (χ1n) is 5.29. The highest BCUT2D eigenvalue weighted by Gasteiger charge is 2.53. The minimum Gasteiger partial charge on any atom is -0.386 e. The van der Waals surface area contributed by atoms with Gasteiger partial charge < -0.3 is 15.3 Å². The maximum absolute atomic E-state index is 11.5. The monoisotopic (exact) mass is 198 g/mol. The Labute approximate surface area is 84.3 Å². The number of rotatable bonds is 2. The van der Waals surface area contributed by atoms with E-state index in [9.17, 15) is 9.90 Å². The first-order valence-corrected chi connectivity index (χ1v) is 5.29. The standard InChI is InChI=1S/C10H18N2O2/c1-7(2)11-9(13)12-5-10(14,6-12)8-3-4-8/h7-8,14H,3-6H2,1-2H3,(H,11,13). The van der Waals surface area contributed by atoms with Crippen LogP contribution in [0.3, 0.4) is 0 Å². The molecule has 1 aliphatic heterocycles. The molecule has 80 valence electrons. The number of hydrogen-bond donors (Lipinski definition) is 2. The Balaban J connectivity index is 1.78. The second-order valence-corrected chi connectivity index (χ2v) is 4.84. The van der Waals surface area contributed by atoms with Gasteiger partial charge in [0.2, 0.25) is 0 Å². The normalized spacial score (nSPS) is 24.7. The first-order chi connectivity index (χ1) is 6.51. The molecule has 1 aliphatic carbocycles. The van der Waals surface area contributed by atoms with Crippen LogP contribution in [-0.4, -0.2) is 40.8 Å². The zero-order valence-electron chi connectivity index (χ0n) is 8.79. The lowest BCUT2D eigenvalue weighted by molar-refractivity contribution is -0.0920. The number of amides is 2. The summed E-state index contributed by atoms with van der Waals surface area (Å²) in [5.74, 6) is 0.450. The van der Waals surface area contributed by atoms with Crippen LogP contribution in [0.2, 0.25) is 0 Å². The lowest BCUT2D eigenvalue weighted by Gasteiger charge is -2.46. The van der Waals surface area contributed by atoms with Gasteiger partial charge in [0.1, 0.15) is 5.60 Å². The van der Waals surface area contributed by atoms with E-state index in [0.29, 0.717) is 19.0 Å². The SMILES string of the molecule is CC(C)NC(=O)N1CC(O)(C2CC2)C1. The van der Waals surface area contributed by atoms with Gasteiger partial charge in [-0.05, 0) is 32.6 Å². The third-order valence-electron chi connectivity index (χ3n) is 2.97. The summed E-state index contributed by atoms with van der Waals surface area (Å²) in [5, 5.41) is 12.8. The number of β-amino-alcohol motifs (C(OH)–C–C–N with tert-alkyl or cyclic N) is 1. The van der Waals surface area contributed by atoms with Gasteiger partial charge in [-0.15, -0.1) is 0 Å². The predicted molar refractivity (Wildman–Crippen MR) is 52.9 cm³/mol. The van der Waals surface area contributed by atoms with Crippen LogP contribution in [0.15, 0.2) is 0 Å². The second-order valence-electron chi connectivity index (χ2n) is 4.84. The highest BCUT2D eigenvalue weighted by molar-refractivity contribution is 5.75. The van der Waals surface area contributed by atoms with Gasteiger partial charge in [0, 0.05) is 6.04 Å². The molecular weight excluding hydrogens is 180 g/mol. The average molecular weight is 198 g/mol. The van der Waals surface area contributed by atoms with E-state index in [1.54, 1.807) is 4.90 Å². The molecule has 1 heterocycles. The Morgan fingerprint density at radius 3 is 2.50 bits per heavy atom. The van der Waals surface area contributed by atoms with E-state index < -0.39 is 5.60 Å². The number of nitrogens with one attached hydrogen (secondary N) is 1. The lowest BCUT2D eigenvalue weighted by Crippen LogP contribution is -2.66. The largest absolute Gasteiger partial charge is 0.386 e. The zero-order valence-corrected chi connectivity index (χ0v) is 8.79. The van der Waals surface area contributed by atoms with Crippen molar-refractivity contribution in [3.05, 3.63) is 0 Å². The van der Waals surface area contributed by atoms with Crippen molar-refractivity contribution in [3.8, 4) is 0 Å². The van der Waals surface area contributed by atoms with E-state index >= 15 is 0 Å². The van der Waals surface area contributed by atoms with Crippen LogP contribution < -0.4 is 5.32 Å². The summed E-state index contributed by atoms with van der Waals surface area (Å²) >= 11 is 0. The van der Waals surface area contributed by atoms with E-state index in [2.05, 4.69) is 5.32 Å². The van der Waals surface area contributed by atoms with Crippen molar-refractivity contribution in [1.82, 2.24) is 10.2 Å². The van der Waals surface area contributed by atoms with E-state index in [1.165, 1.54) is 0 Å². The zero-order chi connectivity index (χ0) is 10.3. The number of aliphatic hydroxyl groups is 1. The Morgan fingerprint density at radius 1 is 1.50 bits per heavy atom. The number of nitrogens with zero attached hydrogens (tertiary/aromatic N) is 1. The first kappa shape index (κ1) is 9.77. The van der Waals surface area contributed by atoms with Crippen molar-refractivity contribution in [2.45, 2.75) is 38.3 Å². The molecule has 0 aromatic rings. The van der Waals surface area contributed by atoms with E-state index in [0.717, 1.165) is 12.8 Å². The number of carbonyl (C=O) groups is 1. The van der Waals surface area contributed by atoms with Crippen molar-refractivity contribution in [3.63, 3.8) is 0 Å². The molecule has 0 spiro atoms. The lowest BCUT2D eigenvalue weighted by atomic mass is 9.89. The molecule has 1 saturated heterocycles. The Morgan fingerprint density at radius 2 is 2.07 bits per heavy atom. The summed E-state index contributed by atoms with van der Waals surface area (Å²) in [5.41, 5.74) is -0.561. The third-order valence-corrected chi connectivity index (χ3v) is 2.97. The number of carbonyl (C=O) groups excluding carboxylic acids is 1. The quantitative estimate of drug-likeness (QED) is 0.681. The summed E-state index contributed by atoms with van der Waals surface area (Å²) in [7, 11) is 0. The Hall–Kier alpha value is -0.770. The molecule has 2 fully saturated rings. The Kier molecular flexibility index (Phi) is 2.18. The fourth-order valence-electron chi connectivity index (χ4n) is 1.98. The molecule has 2 rings (SSSR count). The van der Waals surface area contributed by atoms with E-state index in [1.807, 2.05) is 13.8 Å². The molecule has 14 heavy (non-hydrogen) atoms. The minimum absolute atomic E-state index is 0.0506. The second kappa shape index (κ2) is 3.12. The van der Waals surface area contributed by atoms with Crippen LogP contribution in [-0.2, 0) is 0 Å². The van der Waals surface area contributed by atoms with Gasteiger partial charge in [0.25, 0.3) is 0 Å². The van der Waals surface area contributed by atoms with Gasteiger partial charge >= 0.3 is 6.03 Å². The smallest absolute Gasteiger partial charge is 0.317 e. The summed E-state index contributed by atoms with van der Waals surface area (Å²) in [6.07, 6.45) is 2.24. The fraction of sp³-hybridized carbons (Fsp3) is 0.900. The maximum Gasteiger partial charge on any atom is 0.317 e. The van der Waals surface area contributed by atoms with Crippen molar-refractivity contribution in [2.24, 2.45) is 5.92 Å². The summed E-state index contributed by atoms with van der Waals surface area (Å²) in [4.78, 5) is 13.1. The van der Waals surface area contributed by atoms with Crippen LogP contribution in [0.1, 0.15) is 26.7 Å². The van der Waals surface area contributed by atoms with Crippen molar-refractivity contribution < 1.29 is 9.90 Å². The molecule has 0 atom stereocenters. The van der Waals surface area contributed by atoms with Crippen LogP contribution in [0.5, 0.6) is 0 Å². The maximum atomic E-state index is 11.5. The third kappa shape index (κ3) is 1.71. The van der Waals surface area contributed by atoms with Gasteiger partial charge in [-0.25, -0.2) is 4.79 Å². The highest BCUT2D eigenvalue weighted by atomic mass is 16.3. The topological polar surface area (TPSA) is 52.6 Å². The van der Waals surface area contributed by atoms with Crippen molar-refractivity contribution in [2.75, 3.05) is 13.1 Å². The van der Waals surface area contributed by atoms with Gasteiger partial charge in [0.05, 0.1) is 13.1 Å². The van der Waals surface area contributed by atoms with Gasteiger partial charge in [-0.2, -0.15) is 0 Å². The molecule has 0 unspecified atom stereocenters. The van der Waals surface area contributed by atoms with Gasteiger partial charge in [0.15, 0.2) is 0 Å². The number of hydrogen-bond acceptors (Lipinski definition) is 2. The van der Waals surface area contributed by atoms with Crippen molar-refractivity contribution in [1.29, 1.82) is 0 Å². The molecule has 0 aromatic carbocycles. The summed E-state index contributed by atoms with van der Waals surface area (Å²) < 4.78 is 0.